The Morgan fingerprint density at radius 1 is 1.11 bits per heavy atom. The third-order valence-electron chi connectivity index (χ3n) is 4.61. The van der Waals surface area contributed by atoms with Crippen LogP contribution in [-0.4, -0.2) is 26.8 Å². The van der Waals surface area contributed by atoms with Gasteiger partial charge in [0.1, 0.15) is 16.8 Å². The van der Waals surface area contributed by atoms with Gasteiger partial charge in [0.25, 0.3) is 5.69 Å². The maximum absolute atomic E-state index is 10.9. The number of nitro groups is 1. The lowest BCUT2D eigenvalue weighted by Gasteiger charge is -2.06. The van der Waals surface area contributed by atoms with Gasteiger partial charge in [0.15, 0.2) is 0 Å². The van der Waals surface area contributed by atoms with Crippen LogP contribution in [0.25, 0.3) is 27.5 Å². The summed E-state index contributed by atoms with van der Waals surface area (Å²) in [6, 6.07) is 12.2. The van der Waals surface area contributed by atoms with Crippen LogP contribution in [0.4, 0.5) is 5.69 Å². The summed E-state index contributed by atoms with van der Waals surface area (Å²) in [6.07, 6.45) is 3.61. The lowest BCUT2D eigenvalue weighted by Crippen LogP contribution is -2.02. The van der Waals surface area contributed by atoms with Crippen molar-refractivity contribution < 1.29 is 9.66 Å². The highest BCUT2D eigenvalue weighted by molar-refractivity contribution is 6.05. The lowest BCUT2D eigenvalue weighted by molar-refractivity contribution is -0.384. The number of aromatic nitrogens is 3. The zero-order valence-corrected chi connectivity index (χ0v) is 15.0. The van der Waals surface area contributed by atoms with Crippen molar-refractivity contribution in [3.63, 3.8) is 0 Å². The molecule has 136 valence electrons. The third kappa shape index (κ3) is 2.77. The molecule has 0 aliphatic rings. The predicted molar refractivity (Wildman–Crippen MR) is 104 cm³/mol. The Kier molecular flexibility index (Phi) is 4.19. The van der Waals surface area contributed by atoms with Gasteiger partial charge in [0.2, 0.25) is 0 Å². The van der Waals surface area contributed by atoms with Crippen molar-refractivity contribution in [1.29, 1.82) is 0 Å². The van der Waals surface area contributed by atoms with Gasteiger partial charge in [-0.2, -0.15) is 5.10 Å². The highest BCUT2D eigenvalue weighted by Crippen LogP contribution is 2.32. The van der Waals surface area contributed by atoms with E-state index in [0.29, 0.717) is 5.75 Å². The van der Waals surface area contributed by atoms with E-state index in [1.807, 2.05) is 29.1 Å². The topological polar surface area (TPSA) is 83.1 Å². The zero-order valence-electron chi connectivity index (χ0n) is 15.0. The molecule has 27 heavy (non-hydrogen) atoms. The summed E-state index contributed by atoms with van der Waals surface area (Å²) < 4.78 is 7.28. The number of fused-ring (bicyclic) bond motifs is 3. The molecule has 0 aliphatic heterocycles. The van der Waals surface area contributed by atoms with Crippen molar-refractivity contribution in [3.05, 3.63) is 64.5 Å². The predicted octanol–water partition coefficient (Wildman–Crippen LogP) is 4.44. The van der Waals surface area contributed by atoms with E-state index in [1.54, 1.807) is 19.2 Å². The number of para-hydroxylation sites is 1. The number of ether oxygens (including phenoxy) is 1. The molecule has 0 saturated heterocycles. The van der Waals surface area contributed by atoms with Crippen LogP contribution in [-0.2, 0) is 6.42 Å². The van der Waals surface area contributed by atoms with Gasteiger partial charge >= 0.3 is 0 Å². The number of non-ortho nitro benzene ring substituents is 1. The largest absolute Gasteiger partial charge is 0.494 e. The van der Waals surface area contributed by atoms with Crippen molar-refractivity contribution in [2.24, 2.45) is 0 Å². The Morgan fingerprint density at radius 2 is 1.89 bits per heavy atom. The Balaban J connectivity index is 1.98. The molecular formula is C20H18N4O3. The standard InChI is InChI=1S/C20H18N4O3/c1-3-5-17-16-12-21-20-15(6-4-7-18(20)27-2)19(16)22-23(17)13-8-10-14(11-9-13)24(25)26/h4,6-12H,3,5H2,1-2H3. The minimum absolute atomic E-state index is 0.0596. The number of rotatable bonds is 5. The zero-order chi connectivity index (χ0) is 19.0. The van der Waals surface area contributed by atoms with Gasteiger partial charge in [-0.05, 0) is 24.6 Å². The Hall–Kier alpha value is -3.48. The van der Waals surface area contributed by atoms with E-state index < -0.39 is 4.92 Å². The van der Waals surface area contributed by atoms with E-state index in [9.17, 15) is 10.1 Å². The van der Waals surface area contributed by atoms with Crippen LogP contribution in [0, 0.1) is 10.1 Å². The quantitative estimate of drug-likeness (QED) is 0.387. The third-order valence-corrected chi connectivity index (χ3v) is 4.61. The maximum Gasteiger partial charge on any atom is 0.269 e. The molecular weight excluding hydrogens is 344 g/mol. The van der Waals surface area contributed by atoms with Crippen molar-refractivity contribution in [3.8, 4) is 11.4 Å². The number of nitrogens with zero attached hydrogens (tertiary/aromatic N) is 4. The molecule has 2 heterocycles. The van der Waals surface area contributed by atoms with Crippen LogP contribution in [0.1, 0.15) is 19.0 Å². The average molecular weight is 362 g/mol. The number of benzene rings is 2. The van der Waals surface area contributed by atoms with Crippen molar-refractivity contribution in [2.75, 3.05) is 7.11 Å². The molecule has 0 bridgehead atoms. The van der Waals surface area contributed by atoms with Crippen molar-refractivity contribution >= 4 is 27.5 Å². The SMILES string of the molecule is CCCc1c2cnc3c(OC)cccc3c2nn1-c1ccc([N+](=O)[O-])cc1. The lowest BCUT2D eigenvalue weighted by atomic mass is 10.1. The summed E-state index contributed by atoms with van der Waals surface area (Å²) in [5, 5.41) is 17.7. The molecule has 2 aromatic heterocycles. The van der Waals surface area contributed by atoms with E-state index in [0.717, 1.165) is 46.0 Å². The van der Waals surface area contributed by atoms with Gasteiger partial charge in [-0.3, -0.25) is 15.1 Å². The van der Waals surface area contributed by atoms with Gasteiger partial charge in [-0.15, -0.1) is 0 Å². The summed E-state index contributed by atoms with van der Waals surface area (Å²) >= 11 is 0. The molecule has 0 atom stereocenters. The van der Waals surface area contributed by atoms with Crippen molar-refractivity contribution in [2.45, 2.75) is 19.8 Å². The second-order valence-electron chi connectivity index (χ2n) is 6.26. The molecule has 0 aliphatic carbocycles. The van der Waals surface area contributed by atoms with Crippen LogP contribution in [0.15, 0.2) is 48.7 Å². The number of pyridine rings is 1. The van der Waals surface area contributed by atoms with Crippen LogP contribution >= 0.6 is 0 Å². The first-order chi connectivity index (χ1) is 13.1. The Morgan fingerprint density at radius 3 is 2.56 bits per heavy atom. The fraction of sp³-hybridized carbons (Fsp3) is 0.200. The number of aryl methyl sites for hydroxylation is 1. The molecule has 0 radical (unpaired) electrons. The first kappa shape index (κ1) is 17.0. The summed E-state index contributed by atoms with van der Waals surface area (Å²) in [7, 11) is 1.62. The van der Waals surface area contributed by atoms with Gasteiger partial charge in [-0.1, -0.05) is 25.5 Å². The van der Waals surface area contributed by atoms with Gasteiger partial charge in [0.05, 0.1) is 23.4 Å². The first-order valence-corrected chi connectivity index (χ1v) is 8.72. The molecule has 4 aromatic rings. The molecule has 7 heteroatoms. The van der Waals surface area contributed by atoms with Crippen LogP contribution in [0.5, 0.6) is 5.75 Å². The van der Waals surface area contributed by atoms with Crippen LogP contribution in [0.3, 0.4) is 0 Å². The first-order valence-electron chi connectivity index (χ1n) is 8.72. The minimum Gasteiger partial charge on any atom is -0.494 e. The summed E-state index contributed by atoms with van der Waals surface area (Å²) in [5.41, 5.74) is 3.50. The van der Waals surface area contributed by atoms with Gasteiger partial charge in [0, 0.05) is 29.1 Å². The average Bonchev–Trinajstić information content (AvgIpc) is 3.07. The second-order valence-corrected chi connectivity index (χ2v) is 6.26. The van der Waals surface area contributed by atoms with Gasteiger partial charge < -0.3 is 4.74 Å². The number of hydrogen-bond donors (Lipinski definition) is 0. The molecule has 0 N–H and O–H groups in total. The second kappa shape index (κ2) is 6.68. The summed E-state index contributed by atoms with van der Waals surface area (Å²) in [6.45, 7) is 2.11. The Labute approximate surface area is 155 Å². The molecule has 0 spiro atoms. The van der Waals surface area contributed by atoms with E-state index in [1.165, 1.54) is 12.1 Å². The molecule has 7 nitrogen and oxygen atoms in total. The molecule has 0 saturated carbocycles. The fourth-order valence-electron chi connectivity index (χ4n) is 3.35. The number of hydrogen-bond acceptors (Lipinski definition) is 5. The fourth-order valence-corrected chi connectivity index (χ4v) is 3.35. The van der Waals surface area contributed by atoms with E-state index >= 15 is 0 Å². The molecule has 2 aromatic carbocycles. The number of methoxy groups -OCH3 is 1. The maximum atomic E-state index is 10.9. The molecule has 0 fully saturated rings. The van der Waals surface area contributed by atoms with E-state index in [4.69, 9.17) is 9.84 Å². The van der Waals surface area contributed by atoms with Crippen molar-refractivity contribution in [1.82, 2.24) is 14.8 Å². The molecule has 0 amide bonds. The van der Waals surface area contributed by atoms with E-state index in [2.05, 4.69) is 11.9 Å². The van der Waals surface area contributed by atoms with Crippen LogP contribution < -0.4 is 4.74 Å². The Bertz CT molecular complexity index is 1150. The summed E-state index contributed by atoms with van der Waals surface area (Å²) in [4.78, 5) is 15.1. The highest BCUT2D eigenvalue weighted by atomic mass is 16.6. The van der Waals surface area contributed by atoms with E-state index in [-0.39, 0.29) is 5.69 Å². The monoisotopic (exact) mass is 362 g/mol. The number of nitro benzene ring substituents is 1. The highest BCUT2D eigenvalue weighted by Gasteiger charge is 2.17. The minimum atomic E-state index is -0.403. The van der Waals surface area contributed by atoms with Crippen LogP contribution in [0.2, 0.25) is 0 Å². The normalized spacial score (nSPS) is 11.2. The van der Waals surface area contributed by atoms with Gasteiger partial charge in [-0.25, -0.2) is 4.68 Å². The molecule has 0 unspecified atom stereocenters. The smallest absolute Gasteiger partial charge is 0.269 e. The summed E-state index contributed by atoms with van der Waals surface area (Å²) in [5.74, 6) is 0.705. The molecule has 4 rings (SSSR count).